The summed E-state index contributed by atoms with van der Waals surface area (Å²) in [6, 6.07) is 1.87. The Hall–Kier alpha value is -2.14. The van der Waals surface area contributed by atoms with Crippen LogP contribution in [0.3, 0.4) is 0 Å². The number of aromatic nitrogens is 1. The lowest BCUT2D eigenvalue weighted by molar-refractivity contribution is 0.980. The summed E-state index contributed by atoms with van der Waals surface area (Å²) >= 11 is 0. The molecule has 21 heavy (non-hydrogen) atoms. The highest BCUT2D eigenvalue weighted by Crippen LogP contribution is 2.29. The fraction of sp³-hybridized carbons (Fsp3) is 0.375. The first-order chi connectivity index (χ1) is 10.2. The maximum Gasteiger partial charge on any atom is 0.128 e. The number of hydrogen-bond acceptors (Lipinski definition) is 4. The molecule has 1 aromatic heterocycles. The highest BCUT2D eigenvalue weighted by atomic mass is 14.9. The van der Waals surface area contributed by atoms with Crippen molar-refractivity contribution in [3.63, 3.8) is 0 Å². The molecule has 0 saturated carbocycles. The average Bonchev–Trinajstić information content (AvgIpc) is 2.52. The zero-order valence-electron chi connectivity index (χ0n) is 13.0. The van der Waals surface area contributed by atoms with Gasteiger partial charge in [-0.15, -0.1) is 0 Å². The van der Waals surface area contributed by atoms with Crippen molar-refractivity contribution in [3.8, 4) is 0 Å². The van der Waals surface area contributed by atoms with E-state index >= 15 is 0 Å². The summed E-state index contributed by atoms with van der Waals surface area (Å²) in [4.78, 5) is 17.4. The van der Waals surface area contributed by atoms with E-state index in [9.17, 15) is 0 Å². The topological polar surface area (TPSA) is 76.0 Å². The molecule has 0 unspecified atom stereocenters. The van der Waals surface area contributed by atoms with Crippen LogP contribution in [0.15, 0.2) is 33.3 Å². The SMILES string of the molecule is C=NC(CCC)=Nc1c(CN)ccnc1/C(=C/C)N=CC. The van der Waals surface area contributed by atoms with Gasteiger partial charge in [0.05, 0.1) is 11.4 Å². The van der Waals surface area contributed by atoms with Crippen molar-refractivity contribution in [3.05, 3.63) is 29.6 Å². The van der Waals surface area contributed by atoms with Crippen LogP contribution in [0.5, 0.6) is 0 Å². The fourth-order valence-corrected chi connectivity index (χ4v) is 1.91. The van der Waals surface area contributed by atoms with E-state index in [0.717, 1.165) is 35.5 Å². The van der Waals surface area contributed by atoms with Crippen LogP contribution in [0.4, 0.5) is 5.69 Å². The monoisotopic (exact) mass is 285 g/mol. The van der Waals surface area contributed by atoms with Crippen LogP contribution in [0.2, 0.25) is 0 Å². The van der Waals surface area contributed by atoms with Gasteiger partial charge in [0.1, 0.15) is 11.5 Å². The van der Waals surface area contributed by atoms with Gasteiger partial charge in [-0.05, 0) is 38.6 Å². The van der Waals surface area contributed by atoms with Crippen LogP contribution < -0.4 is 5.73 Å². The van der Waals surface area contributed by atoms with Crippen LogP contribution in [0.25, 0.3) is 5.70 Å². The van der Waals surface area contributed by atoms with E-state index in [2.05, 4.69) is 33.6 Å². The van der Waals surface area contributed by atoms with E-state index in [1.165, 1.54) is 0 Å². The molecule has 0 saturated heterocycles. The fourth-order valence-electron chi connectivity index (χ4n) is 1.91. The minimum atomic E-state index is 0.387. The van der Waals surface area contributed by atoms with E-state index in [4.69, 9.17) is 5.73 Å². The lowest BCUT2D eigenvalue weighted by Crippen LogP contribution is -2.02. The Labute approximate surface area is 126 Å². The molecule has 0 radical (unpaired) electrons. The molecular formula is C16H23N5. The second-order valence-electron chi connectivity index (χ2n) is 4.37. The van der Waals surface area contributed by atoms with Gasteiger partial charge in [0.2, 0.25) is 0 Å². The molecule has 2 N–H and O–H groups in total. The van der Waals surface area contributed by atoms with Crippen molar-refractivity contribution in [2.75, 3.05) is 0 Å². The van der Waals surface area contributed by atoms with E-state index in [1.807, 2.05) is 26.0 Å². The average molecular weight is 285 g/mol. The van der Waals surface area contributed by atoms with Crippen molar-refractivity contribution in [2.24, 2.45) is 20.7 Å². The van der Waals surface area contributed by atoms with Gasteiger partial charge in [-0.25, -0.2) is 9.98 Å². The molecule has 0 aromatic carbocycles. The first-order valence-corrected chi connectivity index (χ1v) is 7.09. The summed E-state index contributed by atoms with van der Waals surface area (Å²) in [6.45, 7) is 9.84. The summed E-state index contributed by atoms with van der Waals surface area (Å²) in [5.74, 6) is 0.692. The molecule has 0 aliphatic rings. The van der Waals surface area contributed by atoms with Gasteiger partial charge >= 0.3 is 0 Å². The second-order valence-corrected chi connectivity index (χ2v) is 4.37. The van der Waals surface area contributed by atoms with Crippen LogP contribution in [0, 0.1) is 0 Å². The lowest BCUT2D eigenvalue weighted by Gasteiger charge is -2.10. The number of rotatable bonds is 6. The maximum atomic E-state index is 5.83. The van der Waals surface area contributed by atoms with E-state index in [-0.39, 0.29) is 0 Å². The minimum Gasteiger partial charge on any atom is -0.326 e. The van der Waals surface area contributed by atoms with Gasteiger partial charge in [-0.3, -0.25) is 9.98 Å². The highest BCUT2D eigenvalue weighted by molar-refractivity contribution is 5.90. The van der Waals surface area contributed by atoms with Gasteiger partial charge in [-0.2, -0.15) is 0 Å². The molecule has 0 atom stereocenters. The van der Waals surface area contributed by atoms with Gasteiger partial charge in [-0.1, -0.05) is 13.0 Å². The van der Waals surface area contributed by atoms with Crippen molar-refractivity contribution in [1.29, 1.82) is 0 Å². The minimum absolute atomic E-state index is 0.387. The molecule has 0 aliphatic carbocycles. The molecule has 1 rings (SSSR count). The third kappa shape index (κ3) is 4.43. The predicted octanol–water partition coefficient (Wildman–Crippen LogP) is 3.52. The number of aliphatic imine (C=N–C) groups is 3. The Bertz CT molecular complexity index is 570. The van der Waals surface area contributed by atoms with Crippen molar-refractivity contribution in [1.82, 2.24) is 4.98 Å². The van der Waals surface area contributed by atoms with E-state index in [1.54, 1.807) is 12.4 Å². The first-order valence-electron chi connectivity index (χ1n) is 7.09. The zero-order chi connectivity index (χ0) is 15.7. The summed E-state index contributed by atoms with van der Waals surface area (Å²) < 4.78 is 0. The number of hydrogen-bond donors (Lipinski definition) is 1. The second kappa shape index (κ2) is 8.92. The number of pyridine rings is 1. The Morgan fingerprint density at radius 3 is 2.71 bits per heavy atom. The normalized spacial score (nSPS) is 13.0. The highest BCUT2D eigenvalue weighted by Gasteiger charge is 2.12. The number of nitrogens with two attached hydrogens (primary N) is 1. The molecule has 5 nitrogen and oxygen atoms in total. The van der Waals surface area contributed by atoms with E-state index < -0.39 is 0 Å². The van der Waals surface area contributed by atoms with E-state index in [0.29, 0.717) is 12.4 Å². The predicted molar refractivity (Wildman–Crippen MR) is 91.5 cm³/mol. The lowest BCUT2D eigenvalue weighted by atomic mass is 10.1. The molecule has 1 aromatic rings. The van der Waals surface area contributed by atoms with Crippen LogP contribution in [-0.4, -0.2) is 23.8 Å². The largest absolute Gasteiger partial charge is 0.326 e. The van der Waals surface area contributed by atoms with Gasteiger partial charge < -0.3 is 5.73 Å². The molecule has 0 aliphatic heterocycles. The molecule has 1 heterocycles. The number of amidine groups is 1. The smallest absolute Gasteiger partial charge is 0.128 e. The van der Waals surface area contributed by atoms with Crippen LogP contribution in [0.1, 0.15) is 44.9 Å². The molecule has 112 valence electrons. The number of nitrogens with zero attached hydrogens (tertiary/aromatic N) is 4. The van der Waals surface area contributed by atoms with Gasteiger partial charge in [0, 0.05) is 25.4 Å². The Morgan fingerprint density at radius 2 is 2.19 bits per heavy atom. The zero-order valence-corrected chi connectivity index (χ0v) is 13.0. The Kier molecular flexibility index (Phi) is 7.18. The van der Waals surface area contributed by atoms with Gasteiger partial charge in [0.15, 0.2) is 0 Å². The molecular weight excluding hydrogens is 262 g/mol. The molecule has 0 spiro atoms. The van der Waals surface area contributed by atoms with Crippen LogP contribution >= 0.6 is 0 Å². The Balaban J connectivity index is 3.49. The van der Waals surface area contributed by atoms with Crippen LogP contribution in [-0.2, 0) is 6.54 Å². The van der Waals surface area contributed by atoms with Crippen molar-refractivity contribution in [2.45, 2.75) is 40.2 Å². The molecule has 0 amide bonds. The maximum absolute atomic E-state index is 5.83. The van der Waals surface area contributed by atoms with Crippen molar-refractivity contribution >= 4 is 30.2 Å². The summed E-state index contributed by atoms with van der Waals surface area (Å²) in [6.07, 6.45) is 7.09. The first kappa shape index (κ1) is 16.9. The summed E-state index contributed by atoms with van der Waals surface area (Å²) in [5, 5.41) is 0. The molecule has 0 fully saturated rings. The summed E-state index contributed by atoms with van der Waals surface area (Å²) in [5.41, 5.74) is 8.96. The third-order valence-electron chi connectivity index (χ3n) is 2.91. The number of allylic oxidation sites excluding steroid dienone is 1. The quantitative estimate of drug-likeness (QED) is 0.641. The molecule has 0 bridgehead atoms. The third-order valence-corrected chi connectivity index (χ3v) is 2.91. The summed E-state index contributed by atoms with van der Waals surface area (Å²) in [7, 11) is 0. The standard InChI is InChI=1S/C16H23N5/c1-5-8-14(18-4)21-15-12(11-17)9-10-20-16(15)13(6-2)19-7-3/h6-7,9-10H,4-5,8,11,17H2,1-3H3/b13-6-,19-7?,21-14?. The van der Waals surface area contributed by atoms with Crippen molar-refractivity contribution < 1.29 is 0 Å². The molecule has 5 heteroatoms. The Morgan fingerprint density at radius 1 is 1.43 bits per heavy atom. The van der Waals surface area contributed by atoms with Gasteiger partial charge in [0.25, 0.3) is 0 Å².